The molecular formula is C25H32N2O7. The summed E-state index contributed by atoms with van der Waals surface area (Å²) in [5, 5.41) is 46.9. The highest BCUT2D eigenvalue weighted by molar-refractivity contribution is 5.59. The fourth-order valence-corrected chi connectivity index (χ4v) is 7.23. The van der Waals surface area contributed by atoms with Gasteiger partial charge in [0.15, 0.2) is 0 Å². The molecule has 9 nitrogen and oxygen atoms in total. The molecule has 8 atom stereocenters. The lowest BCUT2D eigenvalue weighted by Gasteiger charge is -2.69. The molecule has 34 heavy (non-hydrogen) atoms. The summed E-state index contributed by atoms with van der Waals surface area (Å²) in [6, 6.07) is 5.04. The van der Waals surface area contributed by atoms with E-state index in [0.29, 0.717) is 18.4 Å². The van der Waals surface area contributed by atoms with Crippen molar-refractivity contribution in [3.8, 4) is 17.1 Å². The van der Waals surface area contributed by atoms with E-state index in [9.17, 15) is 25.2 Å². The third kappa shape index (κ3) is 2.97. The number of nitrogens with one attached hydrogen (secondary N) is 1. The minimum absolute atomic E-state index is 0.0158. The lowest BCUT2D eigenvalue weighted by Crippen LogP contribution is -2.79. The zero-order valence-corrected chi connectivity index (χ0v) is 19.6. The van der Waals surface area contributed by atoms with Crippen LogP contribution in [0.1, 0.15) is 51.7 Å². The quantitative estimate of drug-likeness (QED) is 0.418. The molecule has 3 heterocycles. The van der Waals surface area contributed by atoms with Crippen LogP contribution in [-0.2, 0) is 0 Å². The van der Waals surface area contributed by atoms with Crippen LogP contribution < -0.4 is 15.7 Å². The molecular weight excluding hydrogens is 440 g/mol. The van der Waals surface area contributed by atoms with Crippen molar-refractivity contribution < 1.29 is 29.6 Å². The van der Waals surface area contributed by atoms with E-state index in [1.165, 1.54) is 0 Å². The fourth-order valence-electron chi connectivity index (χ4n) is 7.23. The maximum absolute atomic E-state index is 13.1. The van der Waals surface area contributed by atoms with Crippen molar-refractivity contribution in [2.45, 2.75) is 69.5 Å². The van der Waals surface area contributed by atoms with Crippen LogP contribution in [-0.4, -0.2) is 55.5 Å². The summed E-state index contributed by atoms with van der Waals surface area (Å²) in [7, 11) is 0. The van der Waals surface area contributed by atoms with Gasteiger partial charge in [0.25, 0.3) is 0 Å². The second kappa shape index (κ2) is 7.86. The van der Waals surface area contributed by atoms with Gasteiger partial charge in [0.1, 0.15) is 22.7 Å². The molecule has 0 amide bonds. The Morgan fingerprint density at radius 2 is 2.03 bits per heavy atom. The highest BCUT2D eigenvalue weighted by atomic mass is 16.5. The molecule has 1 unspecified atom stereocenters. The number of aliphatic hydroxyl groups excluding tert-OH is 4. The molecule has 9 heteroatoms. The van der Waals surface area contributed by atoms with E-state index in [1.807, 2.05) is 13.8 Å². The molecule has 2 saturated carbocycles. The predicted octanol–water partition coefficient (Wildman–Crippen LogP) is 1.34. The molecule has 2 aromatic rings. The van der Waals surface area contributed by atoms with E-state index in [4.69, 9.17) is 9.15 Å². The molecule has 0 saturated heterocycles. The molecule has 5 N–H and O–H groups in total. The highest BCUT2D eigenvalue weighted by Gasteiger charge is 2.72. The molecule has 184 valence electrons. The van der Waals surface area contributed by atoms with Gasteiger partial charge in [0, 0.05) is 41.4 Å². The standard InChI is InChI=1S/C25H32N2O7/c1-13-15(29)6-7-23(2)21-20(31)19-17(9-16(33-22(19)32)14-5-4-8-26-11-14)34-24(21,3)18(30)10-25(13,23)27-12-28/h4-5,8-9,11,13,15,18,20-21,27-31H,6-7,10,12H2,1-3H3/t13-,15-,18-,20?,21+,23+,24+,25+/m0/s1. The number of aromatic nitrogens is 1. The molecule has 2 aliphatic carbocycles. The average molecular weight is 473 g/mol. The SMILES string of the molecule is C[C@H]1[C@@H](O)CC[C@]2(C)[C@H]3C(O)c4c(cc(-c5cccnc5)oc4=O)O[C@]3(C)[C@@H](O)C[C@@]12NCO. The van der Waals surface area contributed by atoms with Gasteiger partial charge in [0.05, 0.1) is 25.0 Å². The number of hydrogen-bond donors (Lipinski definition) is 5. The first-order valence-corrected chi connectivity index (χ1v) is 11.8. The lowest BCUT2D eigenvalue weighted by atomic mass is 9.42. The summed E-state index contributed by atoms with van der Waals surface area (Å²) in [6.45, 7) is 5.28. The predicted molar refractivity (Wildman–Crippen MR) is 122 cm³/mol. The van der Waals surface area contributed by atoms with Gasteiger partial charge in [-0.15, -0.1) is 0 Å². The van der Waals surface area contributed by atoms with Crippen LogP contribution in [0.2, 0.25) is 0 Å². The smallest absolute Gasteiger partial charge is 0.345 e. The van der Waals surface area contributed by atoms with Gasteiger partial charge < -0.3 is 29.6 Å². The Morgan fingerprint density at radius 1 is 1.26 bits per heavy atom. The molecule has 0 aromatic carbocycles. The Bertz CT molecular complexity index is 1140. The summed E-state index contributed by atoms with van der Waals surface area (Å²) in [5.41, 5.74) is -2.94. The van der Waals surface area contributed by atoms with Crippen molar-refractivity contribution in [1.82, 2.24) is 10.3 Å². The van der Waals surface area contributed by atoms with Gasteiger partial charge >= 0.3 is 5.63 Å². The van der Waals surface area contributed by atoms with Crippen LogP contribution >= 0.6 is 0 Å². The summed E-state index contributed by atoms with van der Waals surface area (Å²) in [4.78, 5) is 17.2. The second-order valence-corrected chi connectivity index (χ2v) is 10.5. The van der Waals surface area contributed by atoms with E-state index < -0.39 is 46.4 Å². The first-order valence-electron chi connectivity index (χ1n) is 11.8. The van der Waals surface area contributed by atoms with E-state index in [1.54, 1.807) is 37.5 Å². The van der Waals surface area contributed by atoms with Crippen molar-refractivity contribution in [3.05, 3.63) is 46.6 Å². The van der Waals surface area contributed by atoms with Crippen molar-refractivity contribution in [2.75, 3.05) is 6.73 Å². The average Bonchev–Trinajstić information content (AvgIpc) is 2.80. The fraction of sp³-hybridized carbons (Fsp3) is 0.600. The Kier molecular flexibility index (Phi) is 5.42. The number of rotatable bonds is 3. The minimum Gasteiger partial charge on any atom is -0.484 e. The van der Waals surface area contributed by atoms with Crippen LogP contribution in [0.5, 0.6) is 5.75 Å². The maximum Gasteiger partial charge on any atom is 0.345 e. The summed E-state index contributed by atoms with van der Waals surface area (Å²) >= 11 is 0. The van der Waals surface area contributed by atoms with Gasteiger partial charge in [-0.25, -0.2) is 4.79 Å². The van der Waals surface area contributed by atoms with Crippen LogP contribution in [0.4, 0.5) is 0 Å². The summed E-state index contributed by atoms with van der Waals surface area (Å²) < 4.78 is 12.0. The van der Waals surface area contributed by atoms with E-state index in [0.717, 1.165) is 0 Å². The van der Waals surface area contributed by atoms with Crippen LogP contribution in [0.3, 0.4) is 0 Å². The Balaban J connectivity index is 1.68. The first-order chi connectivity index (χ1) is 16.1. The molecule has 2 aromatic heterocycles. The third-order valence-corrected chi connectivity index (χ3v) is 9.05. The topological polar surface area (TPSA) is 145 Å². The molecule has 1 aliphatic heterocycles. The van der Waals surface area contributed by atoms with Crippen LogP contribution in [0.15, 0.2) is 39.8 Å². The summed E-state index contributed by atoms with van der Waals surface area (Å²) in [6.07, 6.45) is 1.41. The molecule has 5 rings (SSSR count). The molecule has 3 aliphatic rings. The molecule has 0 spiro atoms. The largest absolute Gasteiger partial charge is 0.484 e. The minimum atomic E-state index is -1.28. The van der Waals surface area contributed by atoms with Crippen LogP contribution in [0.25, 0.3) is 11.3 Å². The number of ether oxygens (including phenoxy) is 1. The summed E-state index contributed by atoms with van der Waals surface area (Å²) in [5.74, 6) is -0.600. The zero-order chi connectivity index (χ0) is 24.5. The second-order valence-electron chi connectivity index (χ2n) is 10.5. The monoisotopic (exact) mass is 472 g/mol. The van der Waals surface area contributed by atoms with Crippen molar-refractivity contribution in [2.24, 2.45) is 17.3 Å². The Labute approximate surface area is 197 Å². The van der Waals surface area contributed by atoms with E-state index in [2.05, 4.69) is 10.3 Å². The van der Waals surface area contributed by atoms with Crippen molar-refractivity contribution >= 4 is 0 Å². The van der Waals surface area contributed by atoms with Gasteiger partial charge in [-0.1, -0.05) is 13.8 Å². The van der Waals surface area contributed by atoms with Gasteiger partial charge in [0.2, 0.25) is 0 Å². The van der Waals surface area contributed by atoms with Crippen LogP contribution in [0, 0.1) is 17.3 Å². The number of hydrogen-bond acceptors (Lipinski definition) is 9. The Hall–Kier alpha value is -2.30. The molecule has 0 bridgehead atoms. The van der Waals surface area contributed by atoms with Gasteiger partial charge in [-0.3, -0.25) is 10.3 Å². The van der Waals surface area contributed by atoms with Crippen molar-refractivity contribution in [3.63, 3.8) is 0 Å². The van der Waals surface area contributed by atoms with E-state index in [-0.39, 0.29) is 36.1 Å². The Morgan fingerprint density at radius 3 is 2.71 bits per heavy atom. The normalized spacial score (nSPS) is 41.1. The number of pyridine rings is 1. The number of aliphatic hydroxyl groups is 4. The maximum atomic E-state index is 13.1. The number of nitrogens with zero attached hydrogens (tertiary/aromatic N) is 1. The molecule has 0 radical (unpaired) electrons. The zero-order valence-electron chi connectivity index (χ0n) is 19.6. The third-order valence-electron chi connectivity index (χ3n) is 9.05. The van der Waals surface area contributed by atoms with Gasteiger partial charge in [-0.2, -0.15) is 0 Å². The lowest BCUT2D eigenvalue weighted by molar-refractivity contribution is -0.259. The highest BCUT2D eigenvalue weighted by Crippen LogP contribution is 2.65. The van der Waals surface area contributed by atoms with E-state index >= 15 is 0 Å². The first kappa shape index (κ1) is 23.4. The molecule has 2 fully saturated rings. The van der Waals surface area contributed by atoms with Crippen molar-refractivity contribution in [1.29, 1.82) is 0 Å². The van der Waals surface area contributed by atoms with Gasteiger partial charge in [-0.05, 0) is 43.7 Å². The number of fused-ring (bicyclic) bond motifs is 4.